The fourth-order valence-electron chi connectivity index (χ4n) is 5.41. The first kappa shape index (κ1) is 38.9. The number of H-pyrrole nitrogens is 1. The molecule has 2 saturated heterocycles. The van der Waals surface area contributed by atoms with E-state index in [4.69, 9.17) is 43.2 Å². The van der Waals surface area contributed by atoms with Crippen molar-refractivity contribution < 1.29 is 57.0 Å². The quantitative estimate of drug-likeness (QED) is 0.0616. The van der Waals surface area contributed by atoms with Gasteiger partial charge >= 0.3 is 18.6 Å². The Labute approximate surface area is 294 Å². The number of carbonyl (C=O) groups is 1. The van der Waals surface area contributed by atoms with Crippen molar-refractivity contribution in [3.05, 3.63) is 51.7 Å². The van der Waals surface area contributed by atoms with E-state index in [-0.39, 0.29) is 19.6 Å². The molecule has 3 aromatic rings. The molecule has 0 saturated carbocycles. The second-order valence-corrected chi connectivity index (χ2v) is 15.4. The Morgan fingerprint density at radius 1 is 1.14 bits per heavy atom. The molecule has 20 nitrogen and oxygen atoms in total. The monoisotopic (exact) mass is 760 g/mol. The van der Waals surface area contributed by atoms with Crippen LogP contribution in [-0.4, -0.2) is 117 Å². The highest BCUT2D eigenvalue weighted by atomic mass is 32.7. The molecule has 0 aliphatic carbocycles. The summed E-state index contributed by atoms with van der Waals surface area (Å²) >= 11 is 0.475. The van der Waals surface area contributed by atoms with Crippen molar-refractivity contribution in [3.63, 3.8) is 0 Å². The van der Waals surface area contributed by atoms with Gasteiger partial charge in [0, 0.05) is 50.0 Å². The van der Waals surface area contributed by atoms with Crippen molar-refractivity contribution in [3.8, 4) is 0 Å². The Bertz CT molecular complexity index is 1770. The Kier molecular flexibility index (Phi) is 13.6. The van der Waals surface area contributed by atoms with Crippen LogP contribution < -0.4 is 17.0 Å². The van der Waals surface area contributed by atoms with E-state index in [0.717, 1.165) is 23.5 Å². The number of nitrogens with one attached hydrogen (secondary N) is 1. The number of aromatic amines is 1. The molecule has 0 bridgehead atoms. The van der Waals surface area contributed by atoms with Crippen molar-refractivity contribution in [2.45, 2.75) is 69.2 Å². The van der Waals surface area contributed by atoms with Gasteiger partial charge in [-0.25, -0.2) is 24.1 Å². The second-order valence-electron chi connectivity index (χ2n) is 11.4. The predicted molar refractivity (Wildman–Crippen MR) is 179 cm³/mol. The summed E-state index contributed by atoms with van der Waals surface area (Å²) in [5.41, 5.74) is 5.84. The highest BCUT2D eigenvalue weighted by Gasteiger charge is 2.51. The second kappa shape index (κ2) is 17.9. The molecule has 5 N–H and O–H groups in total. The summed E-state index contributed by atoms with van der Waals surface area (Å²) in [6.45, 7) is -2.89. The number of nitrogen functional groups attached to an aromatic ring is 1. The third kappa shape index (κ3) is 9.55. The lowest BCUT2D eigenvalue weighted by Gasteiger charge is -2.27. The van der Waals surface area contributed by atoms with Crippen molar-refractivity contribution in [2.75, 3.05) is 51.8 Å². The van der Waals surface area contributed by atoms with Gasteiger partial charge in [-0.15, -0.1) is 0 Å². The molecule has 2 fully saturated rings. The molecule has 3 aromatic heterocycles. The maximum Gasteiger partial charge on any atom is 0.509 e. The molecule has 2 aliphatic heterocycles. The van der Waals surface area contributed by atoms with Crippen molar-refractivity contribution >= 4 is 41.2 Å². The molecule has 8 atom stereocenters. The molecular formula is C29H41N6O14PS. The molecular weight excluding hydrogens is 719 g/mol. The molecule has 0 spiro atoms. The third-order valence-corrected chi connectivity index (χ3v) is 11.3. The summed E-state index contributed by atoms with van der Waals surface area (Å²) in [7, 11) is 1.28. The number of carbonyl (C=O) groups excluding carboxylic acids is 1. The number of rotatable bonds is 18. The van der Waals surface area contributed by atoms with Crippen LogP contribution in [0.1, 0.15) is 38.6 Å². The summed E-state index contributed by atoms with van der Waals surface area (Å²) in [4.78, 5) is 47.1. The summed E-state index contributed by atoms with van der Waals surface area (Å²) in [6.07, 6.45) is -2.66. The number of nitrogens with two attached hydrogens (primary N) is 1. The van der Waals surface area contributed by atoms with Crippen LogP contribution >= 0.6 is 18.2 Å². The number of aromatic nitrogens is 5. The number of unbranched alkanes of at least 4 members (excludes halogenated alkanes) is 1. The summed E-state index contributed by atoms with van der Waals surface area (Å²) in [6, 6.07) is 2.70. The van der Waals surface area contributed by atoms with Crippen LogP contribution in [0.5, 0.6) is 0 Å². The van der Waals surface area contributed by atoms with Gasteiger partial charge in [0.25, 0.3) is 5.56 Å². The fourth-order valence-corrected chi connectivity index (χ4v) is 8.20. The Hall–Kier alpha value is -3.37. The number of anilines is 1. The number of nitrogens with zero attached hydrogens (tertiary/aromatic N) is 4. The molecule has 0 radical (unpaired) electrons. The number of ether oxygens (including phenoxy) is 6. The van der Waals surface area contributed by atoms with Crippen molar-refractivity contribution in [2.24, 2.45) is 0 Å². The maximum absolute atomic E-state index is 14.4. The van der Waals surface area contributed by atoms with Gasteiger partial charge in [0.15, 0.2) is 17.8 Å². The molecule has 2 aliphatic rings. The normalized spacial score (nSPS) is 26.0. The van der Waals surface area contributed by atoms with Gasteiger partial charge in [-0.1, -0.05) is 13.3 Å². The van der Waals surface area contributed by atoms with E-state index in [1.807, 2.05) is 6.92 Å². The largest absolute Gasteiger partial charge is 0.509 e. The molecule has 51 heavy (non-hydrogen) atoms. The number of aliphatic hydroxyl groups is 2. The zero-order valence-corrected chi connectivity index (χ0v) is 29.5. The van der Waals surface area contributed by atoms with Gasteiger partial charge in [-0.05, 0) is 12.5 Å². The van der Waals surface area contributed by atoms with E-state index >= 15 is 0 Å². The highest BCUT2D eigenvalue weighted by Crippen LogP contribution is 2.63. The number of methoxy groups -OCH3 is 1. The van der Waals surface area contributed by atoms with Gasteiger partial charge in [0.05, 0.1) is 37.9 Å². The molecule has 22 heteroatoms. The van der Waals surface area contributed by atoms with Crippen LogP contribution in [-0.2, 0) is 42.0 Å². The molecule has 2 unspecified atom stereocenters. The third-order valence-electron chi connectivity index (χ3n) is 7.99. The van der Waals surface area contributed by atoms with E-state index in [0.29, 0.717) is 34.8 Å². The van der Waals surface area contributed by atoms with Crippen LogP contribution in [0.25, 0.3) is 11.2 Å². The van der Waals surface area contributed by atoms with Crippen LogP contribution in [0.3, 0.4) is 0 Å². The SMILES string of the molecule is CCCCOCCOC(=O)OCSP(=O)(OC[C@H]1O[C@@H](n2cnc3c(N)ccnc32)C[C@H]1O)O[C@@H]1C(OC)[C@H](n2ccc(=O)[nH]c2=O)O[C@@H]1CO. The topological polar surface area (TPSA) is 260 Å². The Morgan fingerprint density at radius 2 is 1.96 bits per heavy atom. The van der Waals surface area contributed by atoms with Crippen LogP contribution in [0.15, 0.2) is 40.4 Å². The van der Waals surface area contributed by atoms with E-state index < -0.39 is 86.3 Å². The average molecular weight is 761 g/mol. The first-order chi connectivity index (χ1) is 24.6. The first-order valence-electron chi connectivity index (χ1n) is 16.0. The minimum Gasteiger partial charge on any atom is -0.432 e. The highest BCUT2D eigenvalue weighted by molar-refractivity contribution is 8.55. The van der Waals surface area contributed by atoms with Gasteiger partial charge in [-0.3, -0.25) is 28.0 Å². The van der Waals surface area contributed by atoms with E-state index in [1.165, 1.54) is 25.8 Å². The first-order valence-corrected chi connectivity index (χ1v) is 19.2. The lowest BCUT2D eigenvalue weighted by atomic mass is 10.1. The van der Waals surface area contributed by atoms with Crippen LogP contribution in [0, 0.1) is 0 Å². The lowest BCUT2D eigenvalue weighted by molar-refractivity contribution is -0.0625. The van der Waals surface area contributed by atoms with Gasteiger partial charge in [0.1, 0.15) is 42.8 Å². The summed E-state index contributed by atoms with van der Waals surface area (Å²) in [5.74, 6) is -0.560. The van der Waals surface area contributed by atoms with E-state index in [1.54, 1.807) is 10.6 Å². The minimum absolute atomic E-state index is 0.0666. The molecule has 0 amide bonds. The number of imidazole rings is 1. The maximum atomic E-state index is 14.4. The number of aliphatic hydroxyl groups excluding tert-OH is 2. The fraction of sp³-hybridized carbons (Fsp3) is 0.621. The van der Waals surface area contributed by atoms with Crippen LogP contribution in [0.2, 0.25) is 0 Å². The van der Waals surface area contributed by atoms with Gasteiger partial charge in [0.2, 0.25) is 0 Å². The number of hydrogen-bond donors (Lipinski definition) is 4. The summed E-state index contributed by atoms with van der Waals surface area (Å²) < 4.78 is 61.6. The molecule has 0 aromatic carbocycles. The zero-order valence-electron chi connectivity index (χ0n) is 27.8. The smallest absolute Gasteiger partial charge is 0.432 e. The number of fused-ring (bicyclic) bond motifs is 1. The Morgan fingerprint density at radius 3 is 2.71 bits per heavy atom. The number of pyridine rings is 1. The van der Waals surface area contributed by atoms with Gasteiger partial charge < -0.3 is 44.4 Å². The minimum atomic E-state index is -4.41. The molecule has 282 valence electrons. The van der Waals surface area contributed by atoms with Crippen LogP contribution in [0.4, 0.5) is 10.5 Å². The van der Waals surface area contributed by atoms with E-state index in [2.05, 4.69) is 15.0 Å². The predicted octanol–water partition coefficient (Wildman–Crippen LogP) is 1.29. The Balaban J connectivity index is 1.29. The molecule has 5 heterocycles. The van der Waals surface area contributed by atoms with Gasteiger partial charge in [-0.2, -0.15) is 0 Å². The van der Waals surface area contributed by atoms with Crippen molar-refractivity contribution in [1.29, 1.82) is 0 Å². The summed E-state index contributed by atoms with van der Waals surface area (Å²) in [5, 5.41) is 21.0. The molecule has 5 rings (SSSR count). The lowest BCUT2D eigenvalue weighted by Crippen LogP contribution is -2.39. The average Bonchev–Trinajstić information content (AvgIpc) is 3.80. The standard InChI is InChI=1S/C29H41N6O14PS/c1-3-4-9-43-10-11-44-29(40)45-16-51-50(41,49-24-19(13-36)48-27(25(24)42-2)34-8-6-21(38)33-28(34)39)46-14-20-18(37)12-22(47-20)35-15-32-23-17(30)5-7-31-26(23)35/h5-8,15,18-20,22,24-25,27,36-37H,3-4,9-14,16H2,1-2H3,(H2,30,31)(H,33,38,39)/t18-,19-,20-,22-,24+,25?,27-,50?/m1/s1. The number of hydrogen-bond acceptors (Lipinski definition) is 18. The van der Waals surface area contributed by atoms with E-state index in [9.17, 15) is 29.2 Å². The zero-order chi connectivity index (χ0) is 36.5. The van der Waals surface area contributed by atoms with Crippen molar-refractivity contribution in [1.82, 2.24) is 24.1 Å².